The first-order valence-electron chi connectivity index (χ1n) is 21.5. The number of nitrogens with zero attached hydrogens (tertiary/aromatic N) is 2. The molecule has 10 aromatic carbocycles. The smallest absolute Gasteiger partial charge is 0.143 e. The average Bonchev–Trinajstić information content (AvgIpc) is 3.91. The molecule has 0 aliphatic carbocycles. The van der Waals surface area contributed by atoms with Crippen LogP contribution in [0.3, 0.4) is 0 Å². The summed E-state index contributed by atoms with van der Waals surface area (Å²) in [5.41, 5.74) is 17.8. The molecule has 0 atom stereocenters. The maximum absolute atomic E-state index is 6.46. The molecule has 2 heterocycles. The number of hydrogen-bond acceptors (Lipinski definition) is 2. The highest BCUT2D eigenvalue weighted by atomic mass is 16.3. The van der Waals surface area contributed by atoms with Crippen molar-refractivity contribution in [2.24, 2.45) is 0 Å². The van der Waals surface area contributed by atoms with Gasteiger partial charge in [0.2, 0.25) is 0 Å². The van der Waals surface area contributed by atoms with E-state index in [1.54, 1.807) is 0 Å². The Morgan fingerprint density at radius 2 is 0.810 bits per heavy atom. The van der Waals surface area contributed by atoms with E-state index < -0.39 is 0 Å². The Morgan fingerprint density at radius 1 is 0.302 bits per heavy atom. The lowest BCUT2D eigenvalue weighted by molar-refractivity contribution is 0.670. The van der Waals surface area contributed by atoms with Crippen LogP contribution in [0.15, 0.2) is 247 Å². The summed E-state index contributed by atoms with van der Waals surface area (Å²) in [6.45, 7) is 0. The zero-order valence-electron chi connectivity index (χ0n) is 34.4. The number of benzene rings is 10. The fourth-order valence-corrected chi connectivity index (χ4v) is 9.44. The molecule has 0 bridgehead atoms. The van der Waals surface area contributed by atoms with Gasteiger partial charge < -0.3 is 13.9 Å². The zero-order valence-corrected chi connectivity index (χ0v) is 34.4. The number of para-hydroxylation sites is 4. The van der Waals surface area contributed by atoms with Gasteiger partial charge in [-0.1, -0.05) is 176 Å². The SMILES string of the molecule is c1ccc(-c2ccc(N(c3ccc(-c4cccc(-n5c6ccccc6c6ccccc65)c4)cc3)c3ccc(-c4cccc5c4oc4ccccc45)cc3)cc2-c2ccccc2)cc1. The van der Waals surface area contributed by atoms with Crippen LogP contribution in [0.1, 0.15) is 0 Å². The van der Waals surface area contributed by atoms with E-state index in [-0.39, 0.29) is 0 Å². The van der Waals surface area contributed by atoms with Gasteiger partial charge in [-0.25, -0.2) is 0 Å². The second-order valence-corrected chi connectivity index (χ2v) is 16.1. The Kier molecular flexibility index (Phi) is 8.83. The van der Waals surface area contributed by atoms with Crippen LogP contribution in [0.2, 0.25) is 0 Å². The van der Waals surface area contributed by atoms with Gasteiger partial charge in [0.1, 0.15) is 11.2 Å². The first kappa shape index (κ1) is 36.5. The monoisotopic (exact) mass is 804 g/mol. The van der Waals surface area contributed by atoms with E-state index in [1.165, 1.54) is 44.1 Å². The van der Waals surface area contributed by atoms with Gasteiger partial charge in [-0.15, -0.1) is 0 Å². The quantitative estimate of drug-likeness (QED) is 0.153. The molecule has 63 heavy (non-hydrogen) atoms. The van der Waals surface area contributed by atoms with Crippen molar-refractivity contribution in [3.63, 3.8) is 0 Å². The summed E-state index contributed by atoms with van der Waals surface area (Å²) >= 11 is 0. The van der Waals surface area contributed by atoms with Gasteiger partial charge in [-0.05, 0) is 106 Å². The van der Waals surface area contributed by atoms with Crippen LogP contribution < -0.4 is 4.90 Å². The zero-order chi connectivity index (χ0) is 41.7. The van der Waals surface area contributed by atoms with Gasteiger partial charge in [-0.2, -0.15) is 0 Å². The van der Waals surface area contributed by atoms with Crippen molar-refractivity contribution in [2.75, 3.05) is 4.90 Å². The van der Waals surface area contributed by atoms with Crippen molar-refractivity contribution < 1.29 is 4.42 Å². The summed E-state index contributed by atoms with van der Waals surface area (Å²) in [5.74, 6) is 0. The molecule has 3 heteroatoms. The highest BCUT2D eigenvalue weighted by Crippen LogP contribution is 2.43. The van der Waals surface area contributed by atoms with E-state index in [9.17, 15) is 0 Å². The summed E-state index contributed by atoms with van der Waals surface area (Å²) in [4.78, 5) is 2.37. The van der Waals surface area contributed by atoms with E-state index in [1.807, 2.05) is 12.1 Å². The van der Waals surface area contributed by atoms with E-state index in [0.717, 1.165) is 66.9 Å². The molecule has 0 saturated heterocycles. The van der Waals surface area contributed by atoms with Crippen molar-refractivity contribution >= 4 is 60.8 Å². The molecule has 3 nitrogen and oxygen atoms in total. The minimum Gasteiger partial charge on any atom is -0.455 e. The standard InChI is InChI=1S/C60H40N2O/c1-3-15-42(16-4-1)50-38-37-49(40-56(50)43-17-5-2-6-18-43)61(47-35-31-44(32-36-47)51-24-14-25-55-54-23-9-12-28-59(54)63-60(51)55)46-33-29-41(30-34-46)45-19-13-20-48(39-45)62-57-26-10-7-21-52(57)53-22-8-11-27-58(53)62/h1-40H. The average molecular weight is 805 g/mol. The van der Waals surface area contributed by atoms with E-state index in [4.69, 9.17) is 4.42 Å². The van der Waals surface area contributed by atoms with Crippen LogP contribution in [0, 0.1) is 0 Å². The molecule has 0 N–H and O–H groups in total. The number of rotatable bonds is 8. The van der Waals surface area contributed by atoms with Crippen LogP contribution in [-0.4, -0.2) is 4.57 Å². The Balaban J connectivity index is 0.972. The highest BCUT2D eigenvalue weighted by molar-refractivity contribution is 6.10. The van der Waals surface area contributed by atoms with Crippen LogP contribution in [0.5, 0.6) is 0 Å². The molecule has 0 unspecified atom stereocenters. The van der Waals surface area contributed by atoms with Crippen LogP contribution >= 0.6 is 0 Å². The summed E-state index contributed by atoms with van der Waals surface area (Å²) < 4.78 is 8.84. The summed E-state index contributed by atoms with van der Waals surface area (Å²) in [6.07, 6.45) is 0. The normalized spacial score (nSPS) is 11.5. The van der Waals surface area contributed by atoms with E-state index in [0.29, 0.717) is 0 Å². The van der Waals surface area contributed by atoms with Gasteiger partial charge in [0.05, 0.1) is 11.0 Å². The fraction of sp³-hybridized carbons (Fsp3) is 0. The third kappa shape index (κ3) is 6.38. The van der Waals surface area contributed by atoms with E-state index >= 15 is 0 Å². The second-order valence-electron chi connectivity index (χ2n) is 16.1. The fourth-order valence-electron chi connectivity index (χ4n) is 9.44. The largest absolute Gasteiger partial charge is 0.455 e. The summed E-state index contributed by atoms with van der Waals surface area (Å²) in [5, 5.41) is 4.78. The molecule has 0 fully saturated rings. The molecule has 0 amide bonds. The lowest BCUT2D eigenvalue weighted by atomic mass is 9.93. The molecular weight excluding hydrogens is 765 g/mol. The maximum Gasteiger partial charge on any atom is 0.143 e. The summed E-state index contributed by atoms with van der Waals surface area (Å²) in [6, 6.07) is 87.1. The number of anilines is 3. The predicted molar refractivity (Wildman–Crippen MR) is 264 cm³/mol. The van der Waals surface area contributed by atoms with Crippen LogP contribution in [-0.2, 0) is 0 Å². The molecule has 0 saturated carbocycles. The third-order valence-corrected chi connectivity index (χ3v) is 12.4. The molecule has 0 radical (unpaired) electrons. The van der Waals surface area contributed by atoms with E-state index in [2.05, 4.69) is 240 Å². The topological polar surface area (TPSA) is 21.3 Å². The number of hydrogen-bond donors (Lipinski definition) is 0. The van der Waals surface area contributed by atoms with Gasteiger partial charge in [0.25, 0.3) is 0 Å². The summed E-state index contributed by atoms with van der Waals surface area (Å²) in [7, 11) is 0. The highest BCUT2D eigenvalue weighted by Gasteiger charge is 2.19. The van der Waals surface area contributed by atoms with Gasteiger partial charge in [0.15, 0.2) is 0 Å². The lowest BCUT2D eigenvalue weighted by Crippen LogP contribution is -2.10. The van der Waals surface area contributed by atoms with Crippen molar-refractivity contribution in [3.05, 3.63) is 243 Å². The van der Waals surface area contributed by atoms with Crippen molar-refractivity contribution in [2.45, 2.75) is 0 Å². The Hall–Kier alpha value is -8.40. The van der Waals surface area contributed by atoms with Crippen LogP contribution in [0.25, 0.3) is 93.9 Å². The Bertz CT molecular complexity index is 3550. The van der Waals surface area contributed by atoms with Crippen molar-refractivity contribution in [1.82, 2.24) is 4.57 Å². The van der Waals surface area contributed by atoms with Gasteiger partial charge in [0, 0.05) is 49.9 Å². The lowest BCUT2D eigenvalue weighted by Gasteiger charge is -2.27. The van der Waals surface area contributed by atoms with Crippen LogP contribution in [0.4, 0.5) is 17.1 Å². The molecule has 2 aromatic heterocycles. The minimum atomic E-state index is 0.901. The molecular formula is C60H40N2O. The first-order valence-corrected chi connectivity index (χ1v) is 21.5. The Labute approximate surface area is 366 Å². The maximum atomic E-state index is 6.46. The number of furan rings is 1. The predicted octanol–water partition coefficient (Wildman–Crippen LogP) is 16.8. The molecule has 296 valence electrons. The second kappa shape index (κ2) is 15.3. The van der Waals surface area contributed by atoms with Crippen molar-refractivity contribution in [1.29, 1.82) is 0 Å². The van der Waals surface area contributed by atoms with Gasteiger partial charge in [-0.3, -0.25) is 0 Å². The molecule has 0 spiro atoms. The van der Waals surface area contributed by atoms with Crippen molar-refractivity contribution in [3.8, 4) is 50.2 Å². The number of fused-ring (bicyclic) bond motifs is 6. The molecule has 0 aliphatic heterocycles. The Morgan fingerprint density at radius 3 is 1.49 bits per heavy atom. The minimum absolute atomic E-state index is 0.901. The molecule has 12 aromatic rings. The third-order valence-electron chi connectivity index (χ3n) is 12.4. The van der Waals surface area contributed by atoms with Gasteiger partial charge >= 0.3 is 0 Å². The number of aromatic nitrogens is 1. The molecule has 0 aliphatic rings. The molecule has 12 rings (SSSR count). The first-order chi connectivity index (χ1) is 31.2.